The van der Waals surface area contributed by atoms with Crippen molar-refractivity contribution in [2.45, 2.75) is 6.92 Å². The molecule has 0 saturated carbocycles. The Kier molecular flexibility index (Phi) is 4.53. The van der Waals surface area contributed by atoms with Crippen LogP contribution in [0, 0.1) is 6.92 Å². The van der Waals surface area contributed by atoms with E-state index in [-0.39, 0.29) is 0 Å². The van der Waals surface area contributed by atoms with Crippen LogP contribution in [0.3, 0.4) is 0 Å². The van der Waals surface area contributed by atoms with Crippen LogP contribution in [0.1, 0.15) is 5.56 Å². The molecule has 0 aromatic heterocycles. The summed E-state index contributed by atoms with van der Waals surface area (Å²) in [5.74, 6) is -1.66. The topological polar surface area (TPSA) is 110 Å². The summed E-state index contributed by atoms with van der Waals surface area (Å²) < 4.78 is 0. The first kappa shape index (κ1) is 15.7. The second-order valence-electron chi connectivity index (χ2n) is 4.74. The van der Waals surface area contributed by atoms with Gasteiger partial charge in [0.1, 0.15) is 0 Å². The summed E-state index contributed by atoms with van der Waals surface area (Å²) in [6.45, 7) is 1.85. The molecule has 0 heterocycles. The number of halogens is 1. The Hall–Kier alpha value is -2.73. The second-order valence-corrected chi connectivity index (χ2v) is 5.14. The number of nitrogens with one attached hydrogen (secondary N) is 2. The fourth-order valence-electron chi connectivity index (χ4n) is 1.75. The zero-order valence-corrected chi connectivity index (χ0v) is 12.6. The standard InChI is InChI=1S/C15H15ClN4O2/c1-8-2-4-12(18)13(6-8)20-15(22)14(21)19-9-3-5-11(17)10(16)7-9/h2-7H,17-18H2,1H3,(H,19,21)(H,20,22). The van der Waals surface area contributed by atoms with Crippen LogP contribution in [0.4, 0.5) is 22.7 Å². The summed E-state index contributed by atoms with van der Waals surface area (Å²) in [4.78, 5) is 23.8. The lowest BCUT2D eigenvalue weighted by atomic mass is 10.2. The van der Waals surface area contributed by atoms with E-state index in [1.54, 1.807) is 24.3 Å². The first-order valence-corrected chi connectivity index (χ1v) is 6.78. The van der Waals surface area contributed by atoms with Crippen molar-refractivity contribution >= 4 is 46.2 Å². The van der Waals surface area contributed by atoms with Crippen molar-refractivity contribution in [3.05, 3.63) is 47.0 Å². The number of amides is 2. The van der Waals surface area contributed by atoms with Gasteiger partial charge >= 0.3 is 11.8 Å². The van der Waals surface area contributed by atoms with Gasteiger partial charge in [0.25, 0.3) is 0 Å². The van der Waals surface area contributed by atoms with Gasteiger partial charge in [-0.2, -0.15) is 0 Å². The van der Waals surface area contributed by atoms with Crippen molar-refractivity contribution in [2.24, 2.45) is 0 Å². The maximum atomic E-state index is 11.9. The second kappa shape index (κ2) is 6.36. The van der Waals surface area contributed by atoms with E-state index < -0.39 is 11.8 Å². The van der Waals surface area contributed by atoms with Crippen LogP contribution in [-0.4, -0.2) is 11.8 Å². The molecule has 114 valence electrons. The lowest BCUT2D eigenvalue weighted by Gasteiger charge is -2.10. The molecular formula is C15H15ClN4O2. The monoisotopic (exact) mass is 318 g/mol. The first-order chi connectivity index (χ1) is 10.4. The molecule has 0 aliphatic carbocycles. The summed E-state index contributed by atoms with van der Waals surface area (Å²) in [5.41, 5.74) is 13.8. The van der Waals surface area contributed by atoms with Crippen LogP contribution in [0.2, 0.25) is 5.02 Å². The average Bonchev–Trinajstić information content (AvgIpc) is 2.46. The van der Waals surface area contributed by atoms with Crippen LogP contribution in [0.5, 0.6) is 0 Å². The maximum Gasteiger partial charge on any atom is 0.314 e. The highest BCUT2D eigenvalue weighted by Gasteiger charge is 2.15. The number of anilines is 4. The molecule has 0 aliphatic heterocycles. The van der Waals surface area contributed by atoms with Crippen LogP contribution < -0.4 is 22.1 Å². The molecule has 2 rings (SSSR count). The van der Waals surface area contributed by atoms with Gasteiger partial charge in [0, 0.05) is 5.69 Å². The van der Waals surface area contributed by atoms with Gasteiger partial charge < -0.3 is 22.1 Å². The van der Waals surface area contributed by atoms with Crippen molar-refractivity contribution in [3.8, 4) is 0 Å². The highest BCUT2D eigenvalue weighted by atomic mass is 35.5. The van der Waals surface area contributed by atoms with Gasteiger partial charge in [-0.15, -0.1) is 0 Å². The van der Waals surface area contributed by atoms with Crippen LogP contribution in [0.15, 0.2) is 36.4 Å². The molecule has 2 aromatic rings. The Labute approximate surface area is 132 Å². The number of hydrogen-bond acceptors (Lipinski definition) is 4. The number of benzene rings is 2. The van der Waals surface area contributed by atoms with Crippen molar-refractivity contribution in [1.82, 2.24) is 0 Å². The van der Waals surface area contributed by atoms with Crippen molar-refractivity contribution in [1.29, 1.82) is 0 Å². The third-order valence-electron chi connectivity index (χ3n) is 2.92. The molecule has 0 atom stereocenters. The molecule has 0 bridgehead atoms. The SMILES string of the molecule is Cc1ccc(N)c(NC(=O)C(=O)Nc2ccc(N)c(Cl)c2)c1. The molecule has 6 nitrogen and oxygen atoms in total. The average molecular weight is 319 g/mol. The predicted molar refractivity (Wildman–Crippen MR) is 88.7 cm³/mol. The van der Waals surface area contributed by atoms with Crippen molar-refractivity contribution in [2.75, 3.05) is 22.1 Å². The van der Waals surface area contributed by atoms with E-state index in [4.69, 9.17) is 23.1 Å². The van der Waals surface area contributed by atoms with Gasteiger partial charge in [0.15, 0.2) is 0 Å². The number of aryl methyl sites for hydroxylation is 1. The van der Waals surface area contributed by atoms with E-state index >= 15 is 0 Å². The van der Waals surface area contributed by atoms with Crippen molar-refractivity contribution in [3.63, 3.8) is 0 Å². The molecule has 0 saturated heterocycles. The fourth-order valence-corrected chi connectivity index (χ4v) is 1.93. The molecule has 2 aromatic carbocycles. The minimum Gasteiger partial charge on any atom is -0.398 e. The van der Waals surface area contributed by atoms with Crippen LogP contribution in [-0.2, 0) is 9.59 Å². The highest BCUT2D eigenvalue weighted by molar-refractivity contribution is 6.44. The Morgan fingerprint density at radius 1 is 0.955 bits per heavy atom. The Morgan fingerprint density at radius 3 is 2.27 bits per heavy atom. The Morgan fingerprint density at radius 2 is 1.59 bits per heavy atom. The zero-order valence-electron chi connectivity index (χ0n) is 11.8. The molecule has 22 heavy (non-hydrogen) atoms. The molecule has 0 unspecified atom stereocenters. The number of hydrogen-bond donors (Lipinski definition) is 4. The van der Waals surface area contributed by atoms with Gasteiger partial charge in [0.05, 0.1) is 22.1 Å². The lowest BCUT2D eigenvalue weighted by Crippen LogP contribution is -2.29. The van der Waals surface area contributed by atoms with Gasteiger partial charge in [-0.3, -0.25) is 9.59 Å². The molecule has 0 radical (unpaired) electrons. The van der Waals surface area contributed by atoms with E-state index in [1.165, 1.54) is 12.1 Å². The summed E-state index contributed by atoms with van der Waals surface area (Å²) in [7, 11) is 0. The number of rotatable bonds is 2. The maximum absolute atomic E-state index is 11.9. The van der Waals surface area contributed by atoms with Gasteiger partial charge in [-0.05, 0) is 42.8 Å². The third kappa shape index (κ3) is 3.67. The molecule has 2 amide bonds. The minimum absolute atomic E-state index is 0.293. The molecule has 0 spiro atoms. The van der Waals surface area contributed by atoms with Crippen LogP contribution >= 0.6 is 11.6 Å². The first-order valence-electron chi connectivity index (χ1n) is 6.40. The third-order valence-corrected chi connectivity index (χ3v) is 3.25. The van der Waals surface area contributed by atoms with E-state index in [0.717, 1.165) is 5.56 Å². The smallest absolute Gasteiger partial charge is 0.314 e. The Balaban J connectivity index is 2.07. The molecule has 0 aliphatic rings. The number of nitrogens with two attached hydrogens (primary N) is 2. The molecular weight excluding hydrogens is 304 g/mol. The fraction of sp³-hybridized carbons (Fsp3) is 0.0667. The molecule has 6 N–H and O–H groups in total. The quantitative estimate of drug-likeness (QED) is 0.503. The number of nitrogen functional groups attached to an aromatic ring is 2. The molecule has 0 fully saturated rings. The Bertz CT molecular complexity index is 746. The summed E-state index contributed by atoms with van der Waals surface area (Å²) >= 11 is 5.85. The van der Waals surface area contributed by atoms with Gasteiger partial charge in [-0.1, -0.05) is 17.7 Å². The van der Waals surface area contributed by atoms with E-state index in [0.29, 0.717) is 27.8 Å². The minimum atomic E-state index is -0.832. The van der Waals surface area contributed by atoms with Gasteiger partial charge in [0.2, 0.25) is 0 Å². The zero-order chi connectivity index (χ0) is 16.3. The number of carbonyl (C=O) groups excluding carboxylic acids is 2. The predicted octanol–water partition coefficient (Wildman–Crippen LogP) is 2.39. The summed E-state index contributed by atoms with van der Waals surface area (Å²) in [6.07, 6.45) is 0. The number of carbonyl (C=O) groups is 2. The van der Waals surface area contributed by atoms with Gasteiger partial charge in [-0.25, -0.2) is 0 Å². The molecule has 7 heteroatoms. The van der Waals surface area contributed by atoms with E-state index in [9.17, 15) is 9.59 Å². The summed E-state index contributed by atoms with van der Waals surface area (Å²) in [6, 6.07) is 9.69. The highest BCUT2D eigenvalue weighted by Crippen LogP contribution is 2.23. The van der Waals surface area contributed by atoms with E-state index in [1.807, 2.05) is 6.92 Å². The summed E-state index contributed by atoms with van der Waals surface area (Å²) in [5, 5.41) is 5.19. The largest absolute Gasteiger partial charge is 0.398 e. The normalized spacial score (nSPS) is 10.1. The lowest BCUT2D eigenvalue weighted by molar-refractivity contribution is -0.132. The van der Waals surface area contributed by atoms with E-state index in [2.05, 4.69) is 10.6 Å². The van der Waals surface area contributed by atoms with Crippen LogP contribution in [0.25, 0.3) is 0 Å². The van der Waals surface area contributed by atoms with Crippen molar-refractivity contribution < 1.29 is 9.59 Å².